The van der Waals surface area contributed by atoms with Gasteiger partial charge in [0.15, 0.2) is 17.6 Å². The van der Waals surface area contributed by atoms with E-state index in [2.05, 4.69) is 5.32 Å². The summed E-state index contributed by atoms with van der Waals surface area (Å²) in [5.41, 5.74) is 1.05. The second kappa shape index (κ2) is 9.28. The van der Waals surface area contributed by atoms with E-state index in [4.69, 9.17) is 24.2 Å². The summed E-state index contributed by atoms with van der Waals surface area (Å²) in [6.07, 6.45) is -1.07. The quantitative estimate of drug-likeness (QED) is 0.732. The van der Waals surface area contributed by atoms with Gasteiger partial charge in [-0.25, -0.2) is 4.79 Å². The Morgan fingerprint density at radius 2 is 1.54 bits per heavy atom. The highest BCUT2D eigenvalue weighted by atomic mass is 16.6. The molecule has 8 nitrogen and oxygen atoms in total. The van der Waals surface area contributed by atoms with E-state index >= 15 is 0 Å². The van der Waals surface area contributed by atoms with Crippen LogP contribution in [0, 0.1) is 11.3 Å². The first kappa shape index (κ1) is 20.6. The second-order valence-electron chi connectivity index (χ2n) is 5.63. The fraction of sp³-hybridized carbons (Fsp3) is 0.250. The molecule has 0 saturated heterocycles. The molecule has 0 aromatic heterocycles. The normalized spacial score (nSPS) is 11.0. The highest BCUT2D eigenvalue weighted by molar-refractivity contribution is 5.98. The van der Waals surface area contributed by atoms with Crippen LogP contribution in [-0.2, 0) is 9.53 Å². The van der Waals surface area contributed by atoms with Crippen LogP contribution in [0.1, 0.15) is 22.8 Å². The number of nitrogens with one attached hydrogen (secondary N) is 1. The Morgan fingerprint density at radius 1 is 0.964 bits per heavy atom. The average molecular weight is 384 g/mol. The number of methoxy groups -OCH3 is 3. The van der Waals surface area contributed by atoms with Gasteiger partial charge in [-0.1, -0.05) is 0 Å². The van der Waals surface area contributed by atoms with Gasteiger partial charge in [0.2, 0.25) is 0 Å². The van der Waals surface area contributed by atoms with Crippen LogP contribution in [0.2, 0.25) is 0 Å². The van der Waals surface area contributed by atoms with Crippen LogP contribution < -0.4 is 19.5 Å². The molecule has 0 saturated carbocycles. The summed E-state index contributed by atoms with van der Waals surface area (Å²) in [5, 5.41) is 11.4. The second-order valence-corrected chi connectivity index (χ2v) is 5.63. The van der Waals surface area contributed by atoms with E-state index in [-0.39, 0.29) is 11.3 Å². The molecule has 1 N–H and O–H groups in total. The Labute approximate surface area is 162 Å². The van der Waals surface area contributed by atoms with Crippen molar-refractivity contribution < 1.29 is 28.5 Å². The number of hydrogen-bond donors (Lipinski definition) is 1. The van der Waals surface area contributed by atoms with Gasteiger partial charge in [0.25, 0.3) is 5.91 Å². The number of hydrogen-bond acceptors (Lipinski definition) is 7. The first-order valence-electron chi connectivity index (χ1n) is 8.25. The first-order chi connectivity index (χ1) is 13.4. The molecule has 0 heterocycles. The van der Waals surface area contributed by atoms with Gasteiger partial charge in [-0.05, 0) is 31.2 Å². The lowest BCUT2D eigenvalue weighted by Crippen LogP contribution is -2.30. The molecule has 1 amide bonds. The zero-order chi connectivity index (χ0) is 20.7. The van der Waals surface area contributed by atoms with Crippen LogP contribution in [0.3, 0.4) is 0 Å². The SMILES string of the molecule is COc1cc(OC)c(C(=O)O[C@@H](C)C(=O)Nc2ccc(C#N)cc2)cc1OC. The molecule has 28 heavy (non-hydrogen) atoms. The molecule has 0 unspecified atom stereocenters. The molecule has 8 heteroatoms. The minimum atomic E-state index is -1.07. The lowest BCUT2D eigenvalue weighted by molar-refractivity contribution is -0.123. The van der Waals surface area contributed by atoms with E-state index in [0.29, 0.717) is 22.7 Å². The summed E-state index contributed by atoms with van der Waals surface area (Å²) < 4.78 is 20.8. The van der Waals surface area contributed by atoms with E-state index in [1.807, 2.05) is 6.07 Å². The maximum atomic E-state index is 12.5. The summed E-state index contributed by atoms with van der Waals surface area (Å²) in [6, 6.07) is 11.2. The molecule has 2 aromatic rings. The molecule has 0 bridgehead atoms. The number of benzene rings is 2. The van der Waals surface area contributed by atoms with Crippen molar-refractivity contribution >= 4 is 17.6 Å². The van der Waals surface area contributed by atoms with E-state index in [9.17, 15) is 9.59 Å². The molecule has 0 spiro atoms. The van der Waals surface area contributed by atoms with Crippen LogP contribution in [0.25, 0.3) is 0 Å². The van der Waals surface area contributed by atoms with E-state index in [1.54, 1.807) is 24.3 Å². The van der Waals surface area contributed by atoms with Crippen LogP contribution in [0.4, 0.5) is 5.69 Å². The molecule has 0 fully saturated rings. The third kappa shape index (κ3) is 4.71. The monoisotopic (exact) mass is 384 g/mol. The number of nitriles is 1. The van der Waals surface area contributed by atoms with Crippen molar-refractivity contribution in [3.8, 4) is 23.3 Å². The van der Waals surface area contributed by atoms with Gasteiger partial charge in [0.1, 0.15) is 11.3 Å². The first-order valence-corrected chi connectivity index (χ1v) is 8.25. The number of ether oxygens (including phenoxy) is 4. The minimum Gasteiger partial charge on any atom is -0.496 e. The third-order valence-corrected chi connectivity index (χ3v) is 3.86. The summed E-state index contributed by atoms with van der Waals surface area (Å²) in [7, 11) is 4.30. The van der Waals surface area contributed by atoms with E-state index < -0.39 is 18.0 Å². The van der Waals surface area contributed by atoms with Crippen LogP contribution in [0.5, 0.6) is 17.2 Å². The Balaban J connectivity index is 2.12. The topological polar surface area (TPSA) is 107 Å². The lowest BCUT2D eigenvalue weighted by Gasteiger charge is -2.16. The average Bonchev–Trinajstić information content (AvgIpc) is 2.72. The van der Waals surface area contributed by atoms with Crippen molar-refractivity contribution in [2.45, 2.75) is 13.0 Å². The van der Waals surface area contributed by atoms with Crippen molar-refractivity contribution in [2.24, 2.45) is 0 Å². The van der Waals surface area contributed by atoms with Gasteiger partial charge in [-0.3, -0.25) is 4.79 Å². The molecule has 0 aliphatic heterocycles. The fourth-order valence-electron chi connectivity index (χ4n) is 2.34. The fourth-order valence-corrected chi connectivity index (χ4v) is 2.34. The highest BCUT2D eigenvalue weighted by Gasteiger charge is 2.23. The zero-order valence-electron chi connectivity index (χ0n) is 15.9. The largest absolute Gasteiger partial charge is 0.496 e. The standard InChI is InChI=1S/C20H20N2O6/c1-12(19(23)22-14-7-5-13(11-21)6-8-14)28-20(24)15-9-17(26-3)18(27-4)10-16(15)25-2/h5-10,12H,1-4H3,(H,22,23)/t12-/m0/s1. The maximum absolute atomic E-state index is 12.5. The molecule has 2 rings (SSSR count). The summed E-state index contributed by atoms with van der Waals surface area (Å²) >= 11 is 0. The van der Waals surface area contributed by atoms with Crippen molar-refractivity contribution in [1.82, 2.24) is 0 Å². The van der Waals surface area contributed by atoms with Crippen molar-refractivity contribution in [3.63, 3.8) is 0 Å². The van der Waals surface area contributed by atoms with Gasteiger partial charge in [0.05, 0.1) is 33.0 Å². The Hall–Kier alpha value is -3.73. The Kier molecular flexibility index (Phi) is 6.82. The number of carbonyl (C=O) groups excluding carboxylic acids is 2. The summed E-state index contributed by atoms with van der Waals surface area (Å²) in [6.45, 7) is 1.45. The van der Waals surface area contributed by atoms with Gasteiger partial charge in [-0.15, -0.1) is 0 Å². The smallest absolute Gasteiger partial charge is 0.342 e. The third-order valence-electron chi connectivity index (χ3n) is 3.86. The Bertz CT molecular complexity index is 902. The summed E-state index contributed by atoms with van der Waals surface area (Å²) in [5.74, 6) is -0.326. The minimum absolute atomic E-state index is 0.0955. The number of carbonyl (C=O) groups is 2. The van der Waals surface area contributed by atoms with E-state index in [1.165, 1.54) is 40.4 Å². The van der Waals surface area contributed by atoms with E-state index in [0.717, 1.165) is 0 Å². The number of esters is 1. The summed E-state index contributed by atoms with van der Waals surface area (Å²) in [4.78, 5) is 24.8. The molecule has 2 aromatic carbocycles. The molecular formula is C20H20N2O6. The van der Waals surface area contributed by atoms with Crippen LogP contribution in [-0.4, -0.2) is 39.3 Å². The maximum Gasteiger partial charge on any atom is 0.342 e. The molecule has 0 aliphatic rings. The number of rotatable bonds is 7. The van der Waals surface area contributed by atoms with Crippen molar-refractivity contribution in [3.05, 3.63) is 47.5 Å². The van der Waals surface area contributed by atoms with Gasteiger partial charge in [0, 0.05) is 17.8 Å². The molecule has 146 valence electrons. The van der Waals surface area contributed by atoms with Gasteiger partial charge < -0.3 is 24.3 Å². The molecule has 0 aliphatic carbocycles. The molecule has 0 radical (unpaired) electrons. The number of nitrogens with zero attached hydrogens (tertiary/aromatic N) is 1. The lowest BCUT2D eigenvalue weighted by atomic mass is 10.1. The van der Waals surface area contributed by atoms with Crippen molar-refractivity contribution in [1.29, 1.82) is 5.26 Å². The van der Waals surface area contributed by atoms with Gasteiger partial charge in [-0.2, -0.15) is 5.26 Å². The predicted molar refractivity (Wildman–Crippen MR) is 101 cm³/mol. The molecule has 1 atom stereocenters. The van der Waals surface area contributed by atoms with Crippen LogP contribution >= 0.6 is 0 Å². The number of anilines is 1. The molecular weight excluding hydrogens is 364 g/mol. The van der Waals surface area contributed by atoms with Crippen molar-refractivity contribution in [2.75, 3.05) is 26.6 Å². The highest BCUT2D eigenvalue weighted by Crippen LogP contribution is 2.35. The number of amides is 1. The van der Waals surface area contributed by atoms with Crippen LogP contribution in [0.15, 0.2) is 36.4 Å². The van der Waals surface area contributed by atoms with Gasteiger partial charge >= 0.3 is 5.97 Å². The zero-order valence-corrected chi connectivity index (χ0v) is 15.9. The predicted octanol–water partition coefficient (Wildman–Crippen LogP) is 2.77. The Morgan fingerprint density at radius 3 is 2.07 bits per heavy atom.